The average molecular weight is 455 g/mol. The van der Waals surface area contributed by atoms with Crippen molar-refractivity contribution in [2.75, 3.05) is 0 Å². The summed E-state index contributed by atoms with van der Waals surface area (Å²) in [5.74, 6) is 1.18. The van der Waals surface area contributed by atoms with Gasteiger partial charge >= 0.3 is 5.97 Å². The van der Waals surface area contributed by atoms with E-state index in [1.807, 2.05) is 0 Å². The van der Waals surface area contributed by atoms with Crippen LogP contribution in [0.25, 0.3) is 0 Å². The molecule has 4 aliphatic carbocycles. The molecule has 0 amide bonds. The van der Waals surface area contributed by atoms with Gasteiger partial charge in [0.25, 0.3) is 0 Å². The Morgan fingerprint density at radius 1 is 1.15 bits per heavy atom. The molecule has 0 unspecified atom stereocenters. The third-order valence-corrected chi connectivity index (χ3v) is 10.7. The van der Waals surface area contributed by atoms with Crippen LogP contribution in [0.1, 0.15) is 92.4 Å². The second-order valence-electron chi connectivity index (χ2n) is 12.3. The lowest BCUT2D eigenvalue weighted by molar-refractivity contribution is -0.140. The summed E-state index contributed by atoms with van der Waals surface area (Å²) in [4.78, 5) is 37.5. The number of ketones is 2. The van der Waals surface area contributed by atoms with E-state index in [4.69, 9.17) is 0 Å². The van der Waals surface area contributed by atoms with E-state index < -0.39 is 11.9 Å². The highest BCUT2D eigenvalue weighted by Gasteiger charge is 2.59. The summed E-state index contributed by atoms with van der Waals surface area (Å²) in [7, 11) is 0. The average Bonchev–Trinajstić information content (AvgIpc) is 3.10. The number of rotatable bonds is 6. The van der Waals surface area contributed by atoms with Gasteiger partial charge in [0.15, 0.2) is 5.78 Å². The highest BCUT2D eigenvalue weighted by atomic mass is 16.4. The Morgan fingerprint density at radius 3 is 2.52 bits per heavy atom. The highest BCUT2D eigenvalue weighted by Crippen LogP contribution is 2.65. The molecule has 0 aromatic heterocycles. The molecule has 4 rings (SSSR count). The van der Waals surface area contributed by atoms with Gasteiger partial charge in [0.2, 0.25) is 0 Å². The van der Waals surface area contributed by atoms with Crippen LogP contribution in [0, 0.1) is 46.3 Å². The van der Waals surface area contributed by atoms with Crippen LogP contribution in [0.3, 0.4) is 0 Å². The molecule has 33 heavy (non-hydrogen) atoms. The Bertz CT molecular complexity index is 913. The number of carboxylic acids is 1. The zero-order valence-corrected chi connectivity index (χ0v) is 21.2. The van der Waals surface area contributed by atoms with Crippen LogP contribution in [0.2, 0.25) is 0 Å². The van der Waals surface area contributed by atoms with E-state index in [0.717, 1.165) is 56.1 Å². The fourth-order valence-electron chi connectivity index (χ4n) is 8.56. The molecule has 2 fully saturated rings. The Hall–Kier alpha value is -1.71. The van der Waals surface area contributed by atoms with Crippen molar-refractivity contribution in [1.82, 2.24) is 0 Å². The molecule has 0 spiro atoms. The Labute approximate surface area is 199 Å². The fraction of sp³-hybridized carbons (Fsp3) is 0.759. The van der Waals surface area contributed by atoms with Gasteiger partial charge in [-0.15, -0.1) is 0 Å². The number of Topliss-reactive ketones (excluding diaryl/α,β-unsaturated/α-hetero) is 2. The molecule has 1 N–H and O–H groups in total. The first kappa shape index (κ1) is 24.4. The molecular formula is C29H42O4. The SMILES string of the molecule is C=C(CC[C@@H](C)[C@H]1CC[C@H]2C3=C(C(=O)C[C@]12C)[C@@]1(C)CCC(=O)[C@@H](C)[C@@H]1CC3)[C@@H](C)C(=O)O. The molecule has 0 bridgehead atoms. The molecular weight excluding hydrogens is 412 g/mol. The van der Waals surface area contributed by atoms with E-state index in [0.29, 0.717) is 48.1 Å². The number of carbonyl (C=O) groups is 3. The molecule has 4 aliphatic rings. The zero-order chi connectivity index (χ0) is 24.3. The summed E-state index contributed by atoms with van der Waals surface area (Å²) >= 11 is 0. The topological polar surface area (TPSA) is 71.4 Å². The predicted molar refractivity (Wildman–Crippen MR) is 130 cm³/mol. The van der Waals surface area contributed by atoms with E-state index >= 15 is 0 Å². The number of hydrogen-bond acceptors (Lipinski definition) is 3. The van der Waals surface area contributed by atoms with Crippen LogP contribution in [0.5, 0.6) is 0 Å². The molecule has 0 aromatic rings. The lowest BCUT2D eigenvalue weighted by Crippen LogP contribution is -2.50. The summed E-state index contributed by atoms with van der Waals surface area (Å²) in [5.41, 5.74) is 3.22. The summed E-state index contributed by atoms with van der Waals surface area (Å²) in [6, 6.07) is 0. The minimum absolute atomic E-state index is 0.00558. The van der Waals surface area contributed by atoms with Gasteiger partial charge in [0.05, 0.1) is 5.92 Å². The summed E-state index contributed by atoms with van der Waals surface area (Å²) in [6.07, 6.45) is 8.05. The third-order valence-electron chi connectivity index (χ3n) is 10.7. The van der Waals surface area contributed by atoms with Crippen LogP contribution in [0.15, 0.2) is 23.3 Å². The number of carboxylic acid groups (broad SMARTS) is 1. The van der Waals surface area contributed by atoms with E-state index in [1.165, 1.54) is 5.57 Å². The number of hydrogen-bond donors (Lipinski definition) is 1. The molecule has 0 aliphatic heterocycles. The quantitative estimate of drug-likeness (QED) is 0.472. The maximum Gasteiger partial charge on any atom is 0.310 e. The highest BCUT2D eigenvalue weighted by molar-refractivity contribution is 6.00. The van der Waals surface area contributed by atoms with Crippen LogP contribution in [0.4, 0.5) is 0 Å². The largest absolute Gasteiger partial charge is 0.481 e. The first-order valence-electron chi connectivity index (χ1n) is 13.1. The molecule has 0 radical (unpaired) electrons. The Kier molecular flexibility index (Phi) is 6.29. The van der Waals surface area contributed by atoms with Crippen molar-refractivity contribution in [2.24, 2.45) is 46.3 Å². The van der Waals surface area contributed by atoms with Crippen LogP contribution in [-0.2, 0) is 14.4 Å². The number of allylic oxidation sites excluding steroid dienone is 2. The normalized spacial score (nSPS) is 40.0. The molecule has 2 saturated carbocycles. The van der Waals surface area contributed by atoms with Crippen molar-refractivity contribution in [3.05, 3.63) is 23.3 Å². The first-order valence-corrected chi connectivity index (χ1v) is 13.1. The zero-order valence-electron chi connectivity index (χ0n) is 21.2. The van der Waals surface area contributed by atoms with E-state index in [-0.39, 0.29) is 16.7 Å². The van der Waals surface area contributed by atoms with Crippen LogP contribution in [-0.4, -0.2) is 22.6 Å². The van der Waals surface area contributed by atoms with Crippen molar-refractivity contribution in [3.63, 3.8) is 0 Å². The minimum Gasteiger partial charge on any atom is -0.481 e. The fourth-order valence-corrected chi connectivity index (χ4v) is 8.56. The van der Waals surface area contributed by atoms with Gasteiger partial charge in [0, 0.05) is 24.3 Å². The first-order chi connectivity index (χ1) is 15.4. The van der Waals surface area contributed by atoms with Crippen molar-refractivity contribution < 1.29 is 19.5 Å². The van der Waals surface area contributed by atoms with E-state index in [1.54, 1.807) is 6.92 Å². The van der Waals surface area contributed by atoms with Gasteiger partial charge in [-0.1, -0.05) is 45.4 Å². The lowest BCUT2D eigenvalue weighted by atomic mass is 9.48. The Balaban J connectivity index is 1.56. The van der Waals surface area contributed by atoms with Crippen molar-refractivity contribution in [1.29, 1.82) is 0 Å². The van der Waals surface area contributed by atoms with Gasteiger partial charge in [-0.3, -0.25) is 14.4 Å². The second kappa shape index (κ2) is 8.50. The van der Waals surface area contributed by atoms with Gasteiger partial charge in [-0.05, 0) is 86.4 Å². The van der Waals surface area contributed by atoms with Crippen molar-refractivity contribution in [3.8, 4) is 0 Å². The predicted octanol–water partition coefficient (Wildman–Crippen LogP) is 6.40. The van der Waals surface area contributed by atoms with Crippen molar-refractivity contribution in [2.45, 2.75) is 92.4 Å². The maximum atomic E-state index is 13.8. The van der Waals surface area contributed by atoms with E-state index in [9.17, 15) is 19.5 Å². The molecule has 4 nitrogen and oxygen atoms in total. The molecule has 0 heterocycles. The summed E-state index contributed by atoms with van der Waals surface area (Å²) in [6.45, 7) is 14.7. The van der Waals surface area contributed by atoms with E-state index in [2.05, 4.69) is 34.3 Å². The molecule has 182 valence electrons. The Morgan fingerprint density at radius 2 is 1.85 bits per heavy atom. The van der Waals surface area contributed by atoms with Gasteiger partial charge in [-0.25, -0.2) is 0 Å². The minimum atomic E-state index is -0.805. The standard InChI is InChI=1S/C29H42O4/c1-16(18(3)27(32)33)7-8-17(2)21-11-12-23-20-9-10-22-19(4)24(30)13-14-28(22,5)26(20)25(31)15-29(21,23)6/h17-19,21-23H,1,7-15H2,2-6H3,(H,32,33)/t17-,18-,19+,21-,22+,23+,28+,29-/m1/s1. The monoisotopic (exact) mass is 454 g/mol. The van der Waals surface area contributed by atoms with Gasteiger partial charge in [-0.2, -0.15) is 0 Å². The number of fused-ring (bicyclic) bond motifs is 4. The van der Waals surface area contributed by atoms with Crippen LogP contribution >= 0.6 is 0 Å². The molecule has 4 heteroatoms. The lowest BCUT2D eigenvalue weighted by Gasteiger charge is -2.54. The third kappa shape index (κ3) is 3.76. The van der Waals surface area contributed by atoms with Gasteiger partial charge < -0.3 is 5.11 Å². The summed E-state index contributed by atoms with van der Waals surface area (Å²) in [5, 5.41) is 9.28. The smallest absolute Gasteiger partial charge is 0.310 e. The molecule has 0 saturated heterocycles. The number of carbonyl (C=O) groups excluding carboxylic acids is 2. The molecule has 8 atom stereocenters. The van der Waals surface area contributed by atoms with Crippen LogP contribution < -0.4 is 0 Å². The molecule has 0 aromatic carbocycles. The number of aliphatic carboxylic acids is 1. The second-order valence-corrected chi connectivity index (χ2v) is 12.3. The summed E-state index contributed by atoms with van der Waals surface area (Å²) < 4.78 is 0. The van der Waals surface area contributed by atoms with Gasteiger partial charge in [0.1, 0.15) is 5.78 Å². The van der Waals surface area contributed by atoms with Crippen molar-refractivity contribution >= 4 is 17.5 Å². The maximum absolute atomic E-state index is 13.8.